The predicted octanol–water partition coefficient (Wildman–Crippen LogP) is 3.76. The van der Waals surface area contributed by atoms with Crippen LogP contribution in [-0.4, -0.2) is 23.8 Å². The summed E-state index contributed by atoms with van der Waals surface area (Å²) in [7, 11) is 3.33. The number of nitrogens with zero attached hydrogens (tertiary/aromatic N) is 1. The Labute approximate surface area is 127 Å². The van der Waals surface area contributed by atoms with Crippen molar-refractivity contribution >= 4 is 23.3 Å². The van der Waals surface area contributed by atoms with Crippen molar-refractivity contribution in [2.24, 2.45) is 0 Å². The second-order valence-electron chi connectivity index (χ2n) is 4.75. The van der Waals surface area contributed by atoms with Crippen LogP contribution in [0.4, 0.5) is 0 Å². The van der Waals surface area contributed by atoms with E-state index in [-0.39, 0.29) is 0 Å². The number of methoxy groups -OCH3 is 2. The minimum Gasteiger partial charge on any atom is -0.497 e. The van der Waals surface area contributed by atoms with Crippen LogP contribution in [0.2, 0.25) is 0 Å². The van der Waals surface area contributed by atoms with Gasteiger partial charge in [-0.2, -0.15) is 0 Å². The summed E-state index contributed by atoms with van der Waals surface area (Å²) < 4.78 is 13.2. The van der Waals surface area contributed by atoms with Gasteiger partial charge in [-0.3, -0.25) is 0 Å². The Kier molecular flexibility index (Phi) is 3.66. The molecule has 0 aliphatic carbocycles. The summed E-state index contributed by atoms with van der Waals surface area (Å²) in [6.07, 6.45) is 0. The molecule has 0 spiro atoms. The van der Waals surface area contributed by atoms with Crippen LogP contribution in [0.15, 0.2) is 42.5 Å². The van der Waals surface area contributed by atoms with Gasteiger partial charge in [-0.25, -0.2) is 0 Å². The number of hydrogen-bond acceptors (Lipinski definition) is 3. The van der Waals surface area contributed by atoms with Crippen LogP contribution in [0.3, 0.4) is 0 Å². The Balaban J connectivity index is 2.02. The average molecular weight is 300 g/mol. The molecule has 0 saturated carbocycles. The smallest absolute Gasteiger partial charge is 0.178 e. The van der Waals surface area contributed by atoms with Gasteiger partial charge in [0.15, 0.2) is 4.77 Å². The fraction of sp³-hybridized carbons (Fsp3) is 0.188. The van der Waals surface area contributed by atoms with Gasteiger partial charge in [0.05, 0.1) is 31.8 Å². The molecule has 5 heteroatoms. The van der Waals surface area contributed by atoms with E-state index in [0.717, 1.165) is 28.1 Å². The third kappa shape index (κ3) is 2.64. The SMILES string of the molecule is COc1ccc(Cn2c(=S)[nH]c3ccc(OC)cc32)cc1. The normalized spacial score (nSPS) is 10.8. The van der Waals surface area contributed by atoms with Crippen LogP contribution in [0.5, 0.6) is 11.5 Å². The van der Waals surface area contributed by atoms with Gasteiger partial charge in [0.2, 0.25) is 0 Å². The standard InChI is InChI=1S/C16H16N2O2S/c1-19-12-5-3-11(4-6-12)10-18-15-9-13(20-2)7-8-14(15)17-16(18)21/h3-9H,10H2,1-2H3,(H,17,21). The molecule has 0 amide bonds. The molecule has 1 N–H and O–H groups in total. The number of imidazole rings is 1. The van der Waals surface area contributed by atoms with E-state index in [1.807, 2.05) is 42.5 Å². The third-order valence-corrected chi connectivity index (χ3v) is 3.80. The second-order valence-corrected chi connectivity index (χ2v) is 5.13. The largest absolute Gasteiger partial charge is 0.497 e. The molecule has 3 aromatic rings. The fourth-order valence-electron chi connectivity index (χ4n) is 2.33. The van der Waals surface area contributed by atoms with E-state index in [9.17, 15) is 0 Å². The van der Waals surface area contributed by atoms with Crippen molar-refractivity contribution in [2.45, 2.75) is 6.54 Å². The Bertz CT molecular complexity index is 818. The lowest BCUT2D eigenvalue weighted by molar-refractivity contribution is 0.414. The van der Waals surface area contributed by atoms with E-state index in [0.29, 0.717) is 11.3 Å². The lowest BCUT2D eigenvalue weighted by Gasteiger charge is -2.07. The van der Waals surface area contributed by atoms with Crippen LogP contribution in [0, 0.1) is 4.77 Å². The zero-order valence-electron chi connectivity index (χ0n) is 11.9. The maximum atomic E-state index is 5.42. The van der Waals surface area contributed by atoms with Gasteiger partial charge in [-0.1, -0.05) is 12.1 Å². The highest BCUT2D eigenvalue weighted by molar-refractivity contribution is 7.71. The van der Waals surface area contributed by atoms with Crippen molar-refractivity contribution in [3.8, 4) is 11.5 Å². The van der Waals surface area contributed by atoms with Crippen molar-refractivity contribution in [3.63, 3.8) is 0 Å². The van der Waals surface area contributed by atoms with Gasteiger partial charge in [0.25, 0.3) is 0 Å². The molecule has 0 fully saturated rings. The first kappa shape index (κ1) is 13.7. The quantitative estimate of drug-likeness (QED) is 0.746. The molecule has 0 bridgehead atoms. The molecule has 0 atom stereocenters. The molecular weight excluding hydrogens is 284 g/mol. The number of rotatable bonds is 4. The van der Waals surface area contributed by atoms with Crippen LogP contribution in [-0.2, 0) is 6.54 Å². The summed E-state index contributed by atoms with van der Waals surface area (Å²) in [6, 6.07) is 13.9. The Morgan fingerprint density at radius 1 is 1.00 bits per heavy atom. The first-order chi connectivity index (χ1) is 10.2. The van der Waals surface area contributed by atoms with E-state index >= 15 is 0 Å². The minimum absolute atomic E-state index is 0.703. The Hall–Kier alpha value is -2.27. The fourth-order valence-corrected chi connectivity index (χ4v) is 2.60. The van der Waals surface area contributed by atoms with Crippen molar-refractivity contribution in [1.29, 1.82) is 0 Å². The highest BCUT2D eigenvalue weighted by Crippen LogP contribution is 2.22. The number of benzene rings is 2. The van der Waals surface area contributed by atoms with Crippen LogP contribution in [0.25, 0.3) is 11.0 Å². The molecule has 0 aliphatic heterocycles. The molecule has 0 radical (unpaired) electrons. The molecule has 0 unspecified atom stereocenters. The highest BCUT2D eigenvalue weighted by atomic mass is 32.1. The maximum absolute atomic E-state index is 5.42. The van der Waals surface area contributed by atoms with Crippen molar-refractivity contribution in [2.75, 3.05) is 14.2 Å². The lowest BCUT2D eigenvalue weighted by Crippen LogP contribution is -1.99. The number of nitrogens with one attached hydrogen (secondary N) is 1. The molecule has 1 aromatic heterocycles. The molecule has 3 rings (SSSR count). The molecule has 0 aliphatic rings. The van der Waals surface area contributed by atoms with Gasteiger partial charge < -0.3 is 19.0 Å². The van der Waals surface area contributed by atoms with E-state index in [2.05, 4.69) is 9.55 Å². The number of H-pyrrole nitrogens is 1. The Morgan fingerprint density at radius 3 is 2.33 bits per heavy atom. The topological polar surface area (TPSA) is 39.2 Å². The summed E-state index contributed by atoms with van der Waals surface area (Å²) >= 11 is 5.42. The molecule has 0 saturated heterocycles. The van der Waals surface area contributed by atoms with E-state index < -0.39 is 0 Å². The summed E-state index contributed by atoms with van der Waals surface area (Å²) in [6.45, 7) is 0.704. The van der Waals surface area contributed by atoms with Crippen LogP contribution in [0.1, 0.15) is 5.56 Å². The summed E-state index contributed by atoms with van der Waals surface area (Å²) in [4.78, 5) is 3.22. The summed E-state index contributed by atoms with van der Waals surface area (Å²) in [5.41, 5.74) is 3.21. The average Bonchev–Trinajstić information content (AvgIpc) is 2.83. The number of fused-ring (bicyclic) bond motifs is 1. The number of aromatic nitrogens is 2. The predicted molar refractivity (Wildman–Crippen MR) is 85.8 cm³/mol. The monoisotopic (exact) mass is 300 g/mol. The van der Waals surface area contributed by atoms with Crippen LogP contribution >= 0.6 is 12.2 Å². The van der Waals surface area contributed by atoms with E-state index in [1.54, 1.807) is 14.2 Å². The van der Waals surface area contributed by atoms with Crippen LogP contribution < -0.4 is 9.47 Å². The first-order valence-corrected chi connectivity index (χ1v) is 7.01. The molecule has 21 heavy (non-hydrogen) atoms. The molecule has 2 aromatic carbocycles. The number of aromatic amines is 1. The van der Waals surface area contributed by atoms with Gasteiger partial charge in [-0.05, 0) is 42.0 Å². The number of ether oxygens (including phenoxy) is 2. The van der Waals surface area contributed by atoms with Crippen molar-refractivity contribution < 1.29 is 9.47 Å². The summed E-state index contributed by atoms with van der Waals surface area (Å²) in [5.74, 6) is 1.67. The molecule has 4 nitrogen and oxygen atoms in total. The molecule has 108 valence electrons. The zero-order chi connectivity index (χ0) is 14.8. The third-order valence-electron chi connectivity index (χ3n) is 3.48. The lowest BCUT2D eigenvalue weighted by atomic mass is 10.2. The second kappa shape index (κ2) is 5.61. The molecular formula is C16H16N2O2S. The molecule has 1 heterocycles. The first-order valence-electron chi connectivity index (χ1n) is 6.61. The van der Waals surface area contributed by atoms with Gasteiger partial charge in [0, 0.05) is 6.07 Å². The van der Waals surface area contributed by atoms with Crippen molar-refractivity contribution in [1.82, 2.24) is 9.55 Å². The van der Waals surface area contributed by atoms with Crippen molar-refractivity contribution in [3.05, 3.63) is 52.8 Å². The Morgan fingerprint density at radius 2 is 1.67 bits per heavy atom. The van der Waals surface area contributed by atoms with Gasteiger partial charge >= 0.3 is 0 Å². The highest BCUT2D eigenvalue weighted by Gasteiger charge is 2.06. The maximum Gasteiger partial charge on any atom is 0.178 e. The van der Waals surface area contributed by atoms with E-state index in [1.165, 1.54) is 0 Å². The van der Waals surface area contributed by atoms with Gasteiger partial charge in [0.1, 0.15) is 11.5 Å². The van der Waals surface area contributed by atoms with E-state index in [4.69, 9.17) is 21.7 Å². The minimum atomic E-state index is 0.703. The zero-order valence-corrected chi connectivity index (χ0v) is 12.7. The van der Waals surface area contributed by atoms with Gasteiger partial charge in [-0.15, -0.1) is 0 Å². The summed E-state index contributed by atoms with van der Waals surface area (Å²) in [5, 5.41) is 0. The number of hydrogen-bond donors (Lipinski definition) is 1.